The van der Waals surface area contributed by atoms with Crippen molar-refractivity contribution in [2.45, 2.75) is 58.6 Å². The Kier molecular flexibility index (Phi) is 3.25. The van der Waals surface area contributed by atoms with Gasteiger partial charge in [0.2, 0.25) is 0 Å². The van der Waals surface area contributed by atoms with Crippen molar-refractivity contribution < 1.29 is 9.47 Å². The molecule has 2 heterocycles. The lowest BCUT2D eigenvalue weighted by Gasteiger charge is -2.30. The first-order valence-electron chi connectivity index (χ1n) is 7.88. The molecule has 0 amide bonds. The molecule has 0 saturated carbocycles. The van der Waals surface area contributed by atoms with Gasteiger partial charge in [0, 0.05) is 12.1 Å². The van der Waals surface area contributed by atoms with E-state index < -0.39 is 0 Å². The molecule has 116 valence electrons. The summed E-state index contributed by atoms with van der Waals surface area (Å²) < 4.78 is 11.8. The number of anilines is 1. The summed E-state index contributed by atoms with van der Waals surface area (Å²) in [4.78, 5) is 2.36. The number of fused-ring (bicyclic) bond motifs is 3. The van der Waals surface area contributed by atoms with Crippen LogP contribution in [-0.4, -0.2) is 26.0 Å². The fourth-order valence-electron chi connectivity index (χ4n) is 3.03. The molecule has 3 heteroatoms. The highest BCUT2D eigenvalue weighted by Crippen LogP contribution is 2.47. The van der Waals surface area contributed by atoms with Gasteiger partial charge in [-0.15, -0.1) is 0 Å². The molecular weight excluding hydrogens is 262 g/mol. The monoisotopic (exact) mass is 289 g/mol. The molecule has 1 atom stereocenters. The molecule has 2 aliphatic rings. The summed E-state index contributed by atoms with van der Waals surface area (Å²) in [5, 5.41) is 0. The van der Waals surface area contributed by atoms with Gasteiger partial charge in [0.1, 0.15) is 12.4 Å². The predicted molar refractivity (Wildman–Crippen MR) is 86.4 cm³/mol. The average Bonchev–Trinajstić information content (AvgIpc) is 2.73. The zero-order chi connectivity index (χ0) is 15.4. The van der Waals surface area contributed by atoms with Gasteiger partial charge in [-0.2, -0.15) is 0 Å². The van der Waals surface area contributed by atoms with E-state index in [1.165, 1.54) is 16.8 Å². The van der Waals surface area contributed by atoms with Crippen LogP contribution in [0.5, 0.6) is 5.75 Å². The summed E-state index contributed by atoms with van der Waals surface area (Å²) in [7, 11) is 0. The molecule has 0 radical (unpaired) electrons. The van der Waals surface area contributed by atoms with Crippen LogP contribution in [0.2, 0.25) is 0 Å². The van der Waals surface area contributed by atoms with E-state index in [2.05, 4.69) is 58.6 Å². The Hall–Kier alpha value is -1.22. The Balaban J connectivity index is 2.17. The predicted octanol–water partition coefficient (Wildman–Crippen LogP) is 3.84. The van der Waals surface area contributed by atoms with Crippen molar-refractivity contribution >= 4 is 5.69 Å². The van der Waals surface area contributed by atoms with Crippen LogP contribution in [0.1, 0.15) is 52.7 Å². The standard InChI is InChI=1S/C18H27NO2/c1-17(2,3)12-9-13(18(4,5)6)16-14(10-12)19-7-8-20-11-15(19)21-16/h9-10,15H,7-8,11H2,1-6H3. The van der Waals surface area contributed by atoms with Crippen LogP contribution in [0.3, 0.4) is 0 Å². The maximum absolute atomic E-state index is 6.24. The van der Waals surface area contributed by atoms with Crippen LogP contribution >= 0.6 is 0 Å². The quantitative estimate of drug-likeness (QED) is 0.724. The number of hydrogen-bond donors (Lipinski definition) is 0. The maximum Gasteiger partial charge on any atom is 0.196 e. The van der Waals surface area contributed by atoms with Crippen molar-refractivity contribution in [2.75, 3.05) is 24.7 Å². The van der Waals surface area contributed by atoms with E-state index in [9.17, 15) is 0 Å². The summed E-state index contributed by atoms with van der Waals surface area (Å²) in [6.45, 7) is 15.9. The van der Waals surface area contributed by atoms with Crippen molar-refractivity contribution in [3.63, 3.8) is 0 Å². The Morgan fingerprint density at radius 2 is 1.76 bits per heavy atom. The summed E-state index contributed by atoms with van der Waals surface area (Å²) in [6.07, 6.45) is 0.0464. The normalized spacial score (nSPS) is 21.8. The van der Waals surface area contributed by atoms with Crippen LogP contribution in [-0.2, 0) is 15.6 Å². The number of ether oxygens (including phenoxy) is 2. The van der Waals surface area contributed by atoms with Crippen molar-refractivity contribution in [1.29, 1.82) is 0 Å². The van der Waals surface area contributed by atoms with Crippen LogP contribution < -0.4 is 9.64 Å². The van der Waals surface area contributed by atoms with Crippen molar-refractivity contribution in [3.8, 4) is 5.75 Å². The lowest BCUT2D eigenvalue weighted by Crippen LogP contribution is -2.45. The number of nitrogens with zero attached hydrogens (tertiary/aromatic N) is 1. The molecule has 3 nitrogen and oxygen atoms in total. The second-order valence-electron chi connectivity index (χ2n) is 8.21. The van der Waals surface area contributed by atoms with Gasteiger partial charge in [0.25, 0.3) is 0 Å². The molecule has 1 aromatic carbocycles. The third-order valence-corrected chi connectivity index (χ3v) is 4.39. The van der Waals surface area contributed by atoms with Gasteiger partial charge in [-0.3, -0.25) is 0 Å². The number of morpholine rings is 1. The minimum absolute atomic E-state index is 0.0464. The first-order valence-corrected chi connectivity index (χ1v) is 7.88. The Labute approximate surface area is 128 Å². The summed E-state index contributed by atoms with van der Waals surface area (Å²) in [6, 6.07) is 4.65. The Bertz CT molecular complexity index is 552. The fourth-order valence-corrected chi connectivity index (χ4v) is 3.03. The van der Waals surface area contributed by atoms with Gasteiger partial charge in [-0.25, -0.2) is 0 Å². The number of benzene rings is 1. The van der Waals surface area contributed by atoms with E-state index in [1.807, 2.05) is 0 Å². The fraction of sp³-hybridized carbons (Fsp3) is 0.667. The highest BCUT2D eigenvalue weighted by Gasteiger charge is 2.38. The molecule has 1 fully saturated rings. The van der Waals surface area contributed by atoms with E-state index in [4.69, 9.17) is 9.47 Å². The van der Waals surface area contributed by atoms with Crippen LogP contribution in [0.25, 0.3) is 0 Å². The largest absolute Gasteiger partial charge is 0.466 e. The molecular formula is C18H27NO2. The molecule has 0 bridgehead atoms. The van der Waals surface area contributed by atoms with Gasteiger partial charge in [0.15, 0.2) is 6.23 Å². The molecule has 21 heavy (non-hydrogen) atoms. The van der Waals surface area contributed by atoms with Gasteiger partial charge in [-0.05, 0) is 22.5 Å². The zero-order valence-electron chi connectivity index (χ0n) is 14.1. The topological polar surface area (TPSA) is 21.7 Å². The van der Waals surface area contributed by atoms with Gasteiger partial charge in [-0.1, -0.05) is 47.6 Å². The third-order valence-electron chi connectivity index (χ3n) is 4.39. The minimum atomic E-state index is 0.0464. The Morgan fingerprint density at radius 3 is 2.38 bits per heavy atom. The smallest absolute Gasteiger partial charge is 0.196 e. The lowest BCUT2D eigenvalue weighted by molar-refractivity contribution is 0.0305. The SMILES string of the molecule is CC(C)(C)c1cc2c(c(C(C)(C)C)c1)OC1COCCN21. The molecule has 0 N–H and O–H groups in total. The van der Waals surface area contributed by atoms with Gasteiger partial charge >= 0.3 is 0 Å². The van der Waals surface area contributed by atoms with E-state index >= 15 is 0 Å². The van der Waals surface area contributed by atoms with Crippen LogP contribution in [0, 0.1) is 0 Å². The van der Waals surface area contributed by atoms with Crippen molar-refractivity contribution in [1.82, 2.24) is 0 Å². The molecule has 2 aliphatic heterocycles. The van der Waals surface area contributed by atoms with Gasteiger partial charge < -0.3 is 14.4 Å². The molecule has 3 rings (SSSR count). The first-order chi connectivity index (χ1) is 9.68. The maximum atomic E-state index is 6.24. The van der Waals surface area contributed by atoms with E-state index in [1.54, 1.807) is 0 Å². The first kappa shape index (κ1) is 14.7. The summed E-state index contributed by atoms with van der Waals surface area (Å²) in [5.74, 6) is 1.06. The minimum Gasteiger partial charge on any atom is -0.466 e. The van der Waals surface area contributed by atoms with E-state index in [0.717, 1.165) is 18.9 Å². The average molecular weight is 289 g/mol. The Morgan fingerprint density at radius 1 is 1.05 bits per heavy atom. The molecule has 1 saturated heterocycles. The van der Waals surface area contributed by atoms with Gasteiger partial charge in [0.05, 0.1) is 12.3 Å². The number of rotatable bonds is 0. The van der Waals surface area contributed by atoms with Crippen molar-refractivity contribution in [3.05, 3.63) is 23.3 Å². The molecule has 0 aliphatic carbocycles. The van der Waals surface area contributed by atoms with Crippen LogP contribution in [0.4, 0.5) is 5.69 Å². The second kappa shape index (κ2) is 4.64. The highest BCUT2D eigenvalue weighted by molar-refractivity contribution is 5.69. The molecule has 1 unspecified atom stereocenters. The lowest BCUT2D eigenvalue weighted by atomic mass is 9.79. The van der Waals surface area contributed by atoms with Crippen molar-refractivity contribution in [2.24, 2.45) is 0 Å². The number of hydrogen-bond acceptors (Lipinski definition) is 3. The summed E-state index contributed by atoms with van der Waals surface area (Å²) >= 11 is 0. The van der Waals surface area contributed by atoms with E-state index in [-0.39, 0.29) is 17.1 Å². The zero-order valence-corrected chi connectivity index (χ0v) is 14.1. The van der Waals surface area contributed by atoms with E-state index in [0.29, 0.717) is 6.61 Å². The molecule has 1 aromatic rings. The summed E-state index contributed by atoms with van der Waals surface area (Å²) in [5.41, 5.74) is 4.14. The third kappa shape index (κ3) is 2.52. The molecule has 0 aromatic heterocycles. The highest BCUT2D eigenvalue weighted by atomic mass is 16.6. The second-order valence-corrected chi connectivity index (χ2v) is 8.21. The van der Waals surface area contributed by atoms with Crippen LogP contribution in [0.15, 0.2) is 12.1 Å². The molecule has 0 spiro atoms.